The second-order valence-electron chi connectivity index (χ2n) is 5.37. The highest BCUT2D eigenvalue weighted by Crippen LogP contribution is 2.40. The molecule has 0 radical (unpaired) electrons. The van der Waals surface area contributed by atoms with Gasteiger partial charge in [-0.05, 0) is 23.8 Å². The van der Waals surface area contributed by atoms with Crippen molar-refractivity contribution in [3.63, 3.8) is 0 Å². The Morgan fingerprint density at radius 1 is 1.18 bits per heavy atom. The molecule has 1 unspecified atom stereocenters. The zero-order valence-electron chi connectivity index (χ0n) is 11.9. The van der Waals surface area contributed by atoms with Gasteiger partial charge in [-0.1, -0.05) is 36.4 Å². The van der Waals surface area contributed by atoms with Gasteiger partial charge in [-0.25, -0.2) is 0 Å². The highest BCUT2D eigenvalue weighted by Gasteiger charge is 2.29. The number of amides is 1. The van der Waals surface area contributed by atoms with Gasteiger partial charge in [0, 0.05) is 0 Å². The Morgan fingerprint density at radius 3 is 2.77 bits per heavy atom. The minimum atomic E-state index is -0.0995. The van der Waals surface area contributed by atoms with Gasteiger partial charge < -0.3 is 14.8 Å². The summed E-state index contributed by atoms with van der Waals surface area (Å²) in [5.74, 6) is 0.617. The summed E-state index contributed by atoms with van der Waals surface area (Å²) >= 11 is 0. The number of carbonyl (C=O) groups excluding carboxylic acids is 1. The molecule has 0 aromatic heterocycles. The Kier molecular flexibility index (Phi) is 3.16. The molecular weight excluding hydrogens is 278 g/mol. The smallest absolute Gasteiger partial charge is 0.256 e. The predicted molar refractivity (Wildman–Crippen MR) is 84.6 cm³/mol. The van der Waals surface area contributed by atoms with Crippen molar-refractivity contribution < 1.29 is 14.3 Å². The molecule has 4 heteroatoms. The quantitative estimate of drug-likeness (QED) is 0.696. The lowest BCUT2D eigenvalue weighted by molar-refractivity contribution is -0.110. The van der Waals surface area contributed by atoms with Crippen LogP contribution in [0.15, 0.2) is 48.5 Å². The molecule has 2 aliphatic rings. The van der Waals surface area contributed by atoms with Crippen molar-refractivity contribution in [1.29, 1.82) is 0 Å². The lowest BCUT2D eigenvalue weighted by Gasteiger charge is -2.09. The van der Waals surface area contributed by atoms with Crippen LogP contribution in [0.1, 0.15) is 11.1 Å². The fourth-order valence-corrected chi connectivity index (χ4v) is 2.54. The Bertz CT molecular complexity index is 748. The normalized spacial score (nSPS) is 20.6. The van der Waals surface area contributed by atoms with Gasteiger partial charge in [0.15, 0.2) is 0 Å². The van der Waals surface area contributed by atoms with Gasteiger partial charge in [0.2, 0.25) is 0 Å². The molecule has 2 aromatic rings. The van der Waals surface area contributed by atoms with Crippen LogP contribution in [0.2, 0.25) is 0 Å². The molecular formula is C18H15NO3. The molecule has 4 rings (SSSR count). The molecule has 2 aromatic carbocycles. The van der Waals surface area contributed by atoms with E-state index in [9.17, 15) is 4.79 Å². The van der Waals surface area contributed by atoms with E-state index in [0.29, 0.717) is 17.9 Å². The van der Waals surface area contributed by atoms with Gasteiger partial charge in [-0.15, -0.1) is 0 Å². The summed E-state index contributed by atoms with van der Waals surface area (Å²) in [5, 5.41) is 2.89. The summed E-state index contributed by atoms with van der Waals surface area (Å²) in [6.07, 6.45) is 2.07. The first kappa shape index (κ1) is 13.1. The summed E-state index contributed by atoms with van der Waals surface area (Å²) in [6.45, 7) is 1.27. The number of hydrogen-bond acceptors (Lipinski definition) is 3. The number of nitrogens with one attached hydrogen (secondary N) is 1. The van der Waals surface area contributed by atoms with Crippen LogP contribution in [0, 0.1) is 0 Å². The zero-order chi connectivity index (χ0) is 14.9. The predicted octanol–water partition coefficient (Wildman–Crippen LogP) is 2.96. The second-order valence-corrected chi connectivity index (χ2v) is 5.37. The van der Waals surface area contributed by atoms with E-state index in [1.54, 1.807) is 0 Å². The van der Waals surface area contributed by atoms with E-state index >= 15 is 0 Å². The van der Waals surface area contributed by atoms with Gasteiger partial charge in [-0.3, -0.25) is 4.79 Å². The maximum absolute atomic E-state index is 12.3. The third-order valence-electron chi connectivity index (χ3n) is 3.73. The van der Waals surface area contributed by atoms with Gasteiger partial charge in [-0.2, -0.15) is 0 Å². The van der Waals surface area contributed by atoms with Crippen LogP contribution in [0.5, 0.6) is 5.75 Å². The van der Waals surface area contributed by atoms with Gasteiger partial charge in [0.25, 0.3) is 5.91 Å². The summed E-state index contributed by atoms with van der Waals surface area (Å²) in [5.41, 5.74) is 3.24. The van der Waals surface area contributed by atoms with Crippen molar-refractivity contribution in [2.45, 2.75) is 6.10 Å². The third kappa shape index (κ3) is 2.49. The molecule has 0 saturated carbocycles. The Morgan fingerprint density at radius 2 is 2.00 bits per heavy atom. The first-order valence-corrected chi connectivity index (χ1v) is 7.27. The van der Waals surface area contributed by atoms with Crippen LogP contribution in [-0.2, 0) is 9.53 Å². The number of rotatable bonds is 4. The third-order valence-corrected chi connectivity index (χ3v) is 3.73. The van der Waals surface area contributed by atoms with E-state index in [1.165, 1.54) is 0 Å². The first-order chi connectivity index (χ1) is 10.8. The molecule has 1 saturated heterocycles. The first-order valence-electron chi connectivity index (χ1n) is 7.27. The number of fused-ring (bicyclic) bond motifs is 1. The highest BCUT2D eigenvalue weighted by atomic mass is 16.6. The van der Waals surface area contributed by atoms with Crippen molar-refractivity contribution in [2.75, 3.05) is 18.5 Å². The van der Waals surface area contributed by atoms with E-state index in [1.807, 2.05) is 54.6 Å². The SMILES string of the molecule is O=C1Nc2cccc(OCC3CO3)c2C1=Cc1ccccc1. The summed E-state index contributed by atoms with van der Waals surface area (Å²) in [6, 6.07) is 15.5. The number of ether oxygens (including phenoxy) is 2. The largest absolute Gasteiger partial charge is 0.490 e. The number of benzene rings is 2. The molecule has 2 aliphatic heterocycles. The minimum Gasteiger partial charge on any atom is -0.490 e. The molecule has 22 heavy (non-hydrogen) atoms. The number of epoxide rings is 1. The highest BCUT2D eigenvalue weighted by molar-refractivity contribution is 6.35. The fourth-order valence-electron chi connectivity index (χ4n) is 2.54. The van der Waals surface area contributed by atoms with Crippen molar-refractivity contribution in [1.82, 2.24) is 0 Å². The molecule has 110 valence electrons. The van der Waals surface area contributed by atoms with Gasteiger partial charge in [0.05, 0.1) is 23.4 Å². The number of anilines is 1. The molecule has 2 heterocycles. The van der Waals surface area contributed by atoms with Crippen LogP contribution < -0.4 is 10.1 Å². The van der Waals surface area contributed by atoms with E-state index in [0.717, 1.165) is 23.4 Å². The molecule has 1 amide bonds. The second kappa shape index (κ2) is 5.31. The standard InChI is InChI=1S/C18H15NO3/c20-18-14(9-12-5-2-1-3-6-12)17-15(19-18)7-4-8-16(17)22-11-13-10-21-13/h1-9,13H,10-11H2,(H,19,20). The molecule has 1 atom stereocenters. The maximum Gasteiger partial charge on any atom is 0.256 e. The number of hydrogen-bond donors (Lipinski definition) is 1. The lowest BCUT2D eigenvalue weighted by atomic mass is 10.0. The fraction of sp³-hybridized carbons (Fsp3) is 0.167. The van der Waals surface area contributed by atoms with Gasteiger partial charge in [0.1, 0.15) is 18.5 Å². The van der Waals surface area contributed by atoms with Gasteiger partial charge >= 0.3 is 0 Å². The average molecular weight is 293 g/mol. The monoisotopic (exact) mass is 293 g/mol. The Hall–Kier alpha value is -2.59. The molecule has 1 N–H and O–H groups in total. The van der Waals surface area contributed by atoms with Crippen LogP contribution in [0.3, 0.4) is 0 Å². The van der Waals surface area contributed by atoms with E-state index < -0.39 is 0 Å². The average Bonchev–Trinajstić information content (AvgIpc) is 3.31. The van der Waals surface area contributed by atoms with Crippen molar-refractivity contribution in [2.24, 2.45) is 0 Å². The van der Waals surface area contributed by atoms with Crippen molar-refractivity contribution in [3.05, 3.63) is 59.7 Å². The zero-order valence-corrected chi connectivity index (χ0v) is 11.9. The van der Waals surface area contributed by atoms with Crippen molar-refractivity contribution >= 4 is 23.2 Å². The summed E-state index contributed by atoms with van der Waals surface area (Å²) < 4.78 is 11.0. The van der Waals surface area contributed by atoms with Crippen LogP contribution in [-0.4, -0.2) is 25.2 Å². The molecule has 0 spiro atoms. The van der Waals surface area contributed by atoms with Crippen molar-refractivity contribution in [3.8, 4) is 5.75 Å². The summed E-state index contributed by atoms with van der Waals surface area (Å²) in [7, 11) is 0. The van der Waals surface area contributed by atoms with Crippen LogP contribution in [0.4, 0.5) is 5.69 Å². The van der Waals surface area contributed by atoms with E-state index in [-0.39, 0.29) is 12.0 Å². The van der Waals surface area contributed by atoms with E-state index in [2.05, 4.69) is 5.32 Å². The molecule has 0 aliphatic carbocycles. The minimum absolute atomic E-state index is 0.0995. The number of carbonyl (C=O) groups is 1. The lowest BCUT2D eigenvalue weighted by Crippen LogP contribution is -2.05. The molecule has 1 fully saturated rings. The van der Waals surface area contributed by atoms with Crippen LogP contribution >= 0.6 is 0 Å². The Labute approximate surface area is 128 Å². The molecule has 0 bridgehead atoms. The maximum atomic E-state index is 12.3. The van der Waals surface area contributed by atoms with Crippen LogP contribution in [0.25, 0.3) is 11.6 Å². The van der Waals surface area contributed by atoms with E-state index in [4.69, 9.17) is 9.47 Å². The summed E-state index contributed by atoms with van der Waals surface area (Å²) in [4.78, 5) is 12.3. The molecule has 4 nitrogen and oxygen atoms in total. The topological polar surface area (TPSA) is 50.9 Å². The Balaban J connectivity index is 1.73.